The molecular weight excluding hydrogens is 240 g/mol. The van der Waals surface area contributed by atoms with Crippen molar-refractivity contribution in [2.75, 3.05) is 0 Å². The first-order chi connectivity index (χ1) is 8.56. The molecule has 18 heavy (non-hydrogen) atoms. The molecule has 0 N–H and O–H groups in total. The third-order valence-electron chi connectivity index (χ3n) is 3.11. The second kappa shape index (κ2) is 3.60. The lowest BCUT2D eigenvalue weighted by atomic mass is 10.1. The molecule has 0 saturated carbocycles. The van der Waals surface area contributed by atoms with E-state index in [0.717, 1.165) is 17.2 Å². The van der Waals surface area contributed by atoms with Crippen LogP contribution in [0.5, 0.6) is 0 Å². The molecule has 1 aliphatic carbocycles. The van der Waals surface area contributed by atoms with Gasteiger partial charge in [0.25, 0.3) is 0 Å². The number of nitro groups is 1. The second-order valence-corrected chi connectivity index (χ2v) is 4.20. The van der Waals surface area contributed by atoms with E-state index in [4.69, 9.17) is 0 Å². The smallest absolute Gasteiger partial charge is 0.258 e. The minimum atomic E-state index is -0.865. The maximum absolute atomic E-state index is 13.6. The number of nitro benzene ring substituents is 1. The van der Waals surface area contributed by atoms with Crippen molar-refractivity contribution >= 4 is 5.69 Å². The molecular formula is C13H7F2NO2. The lowest BCUT2D eigenvalue weighted by Crippen LogP contribution is -1.94. The molecule has 0 spiro atoms. The number of hydrogen-bond acceptors (Lipinski definition) is 2. The minimum absolute atomic E-state index is 0.364. The molecule has 0 fully saturated rings. The summed E-state index contributed by atoms with van der Waals surface area (Å²) in [6.07, 6.45) is 0.392. The number of fused-ring (bicyclic) bond motifs is 3. The van der Waals surface area contributed by atoms with Crippen LogP contribution in [0, 0.1) is 21.7 Å². The van der Waals surface area contributed by atoms with Crippen LogP contribution in [0.15, 0.2) is 30.3 Å². The molecule has 0 saturated heterocycles. The van der Waals surface area contributed by atoms with E-state index in [2.05, 4.69) is 0 Å². The highest BCUT2D eigenvalue weighted by atomic mass is 19.1. The van der Waals surface area contributed by atoms with Crippen LogP contribution < -0.4 is 0 Å². The molecule has 0 radical (unpaired) electrons. The van der Waals surface area contributed by atoms with Gasteiger partial charge in [-0.25, -0.2) is 4.39 Å². The van der Waals surface area contributed by atoms with Gasteiger partial charge in [0.15, 0.2) is 0 Å². The lowest BCUT2D eigenvalue weighted by molar-refractivity contribution is -0.387. The summed E-state index contributed by atoms with van der Waals surface area (Å²) in [7, 11) is 0. The molecule has 3 rings (SSSR count). The van der Waals surface area contributed by atoms with Crippen LogP contribution in [-0.2, 0) is 6.42 Å². The molecule has 1 aliphatic rings. The summed E-state index contributed by atoms with van der Waals surface area (Å²) < 4.78 is 26.6. The van der Waals surface area contributed by atoms with Crippen molar-refractivity contribution in [3.05, 3.63) is 63.2 Å². The van der Waals surface area contributed by atoms with E-state index in [9.17, 15) is 18.9 Å². The number of hydrogen-bond donors (Lipinski definition) is 0. The highest BCUT2D eigenvalue weighted by Crippen LogP contribution is 2.39. The minimum Gasteiger partial charge on any atom is -0.258 e. The maximum atomic E-state index is 13.6. The summed E-state index contributed by atoms with van der Waals surface area (Å²) in [6, 6.07) is 6.62. The van der Waals surface area contributed by atoms with Gasteiger partial charge in [-0.1, -0.05) is 6.07 Å². The fraction of sp³-hybridized carbons (Fsp3) is 0.0769. The first-order valence-electron chi connectivity index (χ1n) is 5.32. The highest BCUT2D eigenvalue weighted by Gasteiger charge is 2.25. The number of rotatable bonds is 1. The number of benzene rings is 2. The van der Waals surface area contributed by atoms with Crippen molar-refractivity contribution in [1.29, 1.82) is 0 Å². The van der Waals surface area contributed by atoms with Gasteiger partial charge in [-0.3, -0.25) is 10.1 Å². The molecule has 2 aromatic rings. The second-order valence-electron chi connectivity index (χ2n) is 4.20. The van der Waals surface area contributed by atoms with Gasteiger partial charge in [-0.2, -0.15) is 4.39 Å². The van der Waals surface area contributed by atoms with Crippen molar-refractivity contribution in [3.63, 3.8) is 0 Å². The Balaban J connectivity index is 2.21. The Labute approximate surface area is 101 Å². The average Bonchev–Trinajstić information content (AvgIpc) is 2.64. The van der Waals surface area contributed by atoms with Gasteiger partial charge >= 0.3 is 5.69 Å². The zero-order valence-corrected chi connectivity index (χ0v) is 9.11. The van der Waals surface area contributed by atoms with Gasteiger partial charge < -0.3 is 0 Å². The Hall–Kier alpha value is -2.30. The summed E-state index contributed by atoms with van der Waals surface area (Å²) >= 11 is 0. The van der Waals surface area contributed by atoms with E-state index in [1.165, 1.54) is 18.2 Å². The monoisotopic (exact) mass is 247 g/mol. The Morgan fingerprint density at radius 2 is 1.78 bits per heavy atom. The summed E-state index contributed by atoms with van der Waals surface area (Å²) in [4.78, 5) is 9.90. The molecule has 3 nitrogen and oxygen atoms in total. The van der Waals surface area contributed by atoms with Gasteiger partial charge in [0.1, 0.15) is 5.82 Å². The SMILES string of the molecule is O=[N+]([O-])c1cc2c(cc1F)-c1ccc(F)cc1C2. The standard InChI is InChI=1S/C13H7F2NO2/c14-9-1-2-10-7(4-9)3-8-5-13(16(17)18)12(15)6-11(8)10/h1-2,4-6H,3H2. The van der Waals surface area contributed by atoms with Crippen LogP contribution in [0.3, 0.4) is 0 Å². The van der Waals surface area contributed by atoms with Crippen LogP contribution in [-0.4, -0.2) is 4.92 Å². The zero-order chi connectivity index (χ0) is 12.9. The molecule has 0 aliphatic heterocycles. The van der Waals surface area contributed by atoms with Crippen LogP contribution in [0.2, 0.25) is 0 Å². The van der Waals surface area contributed by atoms with Gasteiger partial charge in [0.05, 0.1) is 4.92 Å². The Morgan fingerprint density at radius 1 is 1.06 bits per heavy atom. The topological polar surface area (TPSA) is 43.1 Å². The van der Waals surface area contributed by atoms with Crippen molar-refractivity contribution < 1.29 is 13.7 Å². The highest BCUT2D eigenvalue weighted by molar-refractivity contribution is 5.78. The Morgan fingerprint density at radius 3 is 2.50 bits per heavy atom. The third-order valence-corrected chi connectivity index (χ3v) is 3.11. The van der Waals surface area contributed by atoms with E-state index < -0.39 is 16.4 Å². The van der Waals surface area contributed by atoms with Crippen LogP contribution >= 0.6 is 0 Å². The fourth-order valence-corrected chi connectivity index (χ4v) is 2.32. The Bertz CT molecular complexity index is 683. The third kappa shape index (κ3) is 1.48. The normalized spacial score (nSPS) is 12.1. The largest absolute Gasteiger partial charge is 0.305 e. The van der Waals surface area contributed by atoms with E-state index in [1.807, 2.05) is 0 Å². The van der Waals surface area contributed by atoms with Gasteiger partial charge in [0, 0.05) is 6.07 Å². The summed E-state index contributed by atoms with van der Waals surface area (Å²) in [6.45, 7) is 0. The maximum Gasteiger partial charge on any atom is 0.305 e. The predicted octanol–water partition coefficient (Wildman–Crippen LogP) is 3.44. The summed E-state index contributed by atoms with van der Waals surface area (Å²) in [5, 5.41) is 10.7. The van der Waals surface area contributed by atoms with Crippen molar-refractivity contribution in [1.82, 2.24) is 0 Å². The molecule has 0 amide bonds. The van der Waals surface area contributed by atoms with E-state index in [-0.39, 0.29) is 5.82 Å². The lowest BCUT2D eigenvalue weighted by Gasteiger charge is -2.01. The number of nitrogens with zero attached hydrogens (tertiary/aromatic N) is 1. The molecule has 0 aromatic heterocycles. The van der Waals surface area contributed by atoms with Crippen molar-refractivity contribution in [2.45, 2.75) is 6.42 Å². The molecule has 90 valence electrons. The van der Waals surface area contributed by atoms with E-state index in [0.29, 0.717) is 17.5 Å². The zero-order valence-electron chi connectivity index (χ0n) is 9.11. The molecule has 0 unspecified atom stereocenters. The van der Waals surface area contributed by atoms with E-state index >= 15 is 0 Å². The van der Waals surface area contributed by atoms with Gasteiger partial charge in [0.2, 0.25) is 5.82 Å². The van der Waals surface area contributed by atoms with Crippen LogP contribution in [0.4, 0.5) is 14.5 Å². The van der Waals surface area contributed by atoms with Crippen LogP contribution in [0.25, 0.3) is 11.1 Å². The molecule has 0 bridgehead atoms. The van der Waals surface area contributed by atoms with Gasteiger partial charge in [-0.05, 0) is 46.9 Å². The fourth-order valence-electron chi connectivity index (χ4n) is 2.32. The molecule has 2 aromatic carbocycles. The van der Waals surface area contributed by atoms with Crippen molar-refractivity contribution in [3.8, 4) is 11.1 Å². The van der Waals surface area contributed by atoms with Crippen LogP contribution in [0.1, 0.15) is 11.1 Å². The first-order valence-corrected chi connectivity index (χ1v) is 5.32. The quantitative estimate of drug-likeness (QED) is 0.488. The number of halogens is 2. The summed E-state index contributed by atoms with van der Waals surface area (Å²) in [5.74, 6) is -1.23. The molecule has 0 atom stereocenters. The Kier molecular flexibility index (Phi) is 2.16. The average molecular weight is 247 g/mol. The van der Waals surface area contributed by atoms with E-state index in [1.54, 1.807) is 6.07 Å². The molecule has 5 heteroatoms. The predicted molar refractivity (Wildman–Crippen MR) is 61.3 cm³/mol. The first kappa shape index (κ1) is 10.8. The van der Waals surface area contributed by atoms with Gasteiger partial charge in [-0.15, -0.1) is 0 Å². The van der Waals surface area contributed by atoms with Crippen molar-refractivity contribution in [2.24, 2.45) is 0 Å². The molecule has 0 heterocycles. The summed E-state index contributed by atoms with van der Waals surface area (Å²) in [5.41, 5.74) is 2.18.